The third-order valence-electron chi connectivity index (χ3n) is 5.53. The van der Waals surface area contributed by atoms with Crippen molar-refractivity contribution < 1.29 is 53.8 Å². The van der Waals surface area contributed by atoms with Crippen LogP contribution in [0, 0.1) is 0 Å². The number of anilines is 1. The molecule has 2 aromatic carbocycles. The van der Waals surface area contributed by atoms with Gasteiger partial charge in [-0.05, 0) is 67.8 Å². The fourth-order valence-electron chi connectivity index (χ4n) is 3.49. The predicted molar refractivity (Wildman–Crippen MR) is 119 cm³/mol. The first kappa shape index (κ1) is 31.1. The molecular formula is C24H25F9N2O3. The molecule has 0 saturated heterocycles. The Balaban J connectivity index is 2.41. The van der Waals surface area contributed by atoms with Crippen LogP contribution >= 0.6 is 0 Å². The molecule has 0 aromatic heterocycles. The maximum Gasteiger partial charge on any atom is 0.573 e. The molecule has 2 N–H and O–H groups in total. The van der Waals surface area contributed by atoms with E-state index in [1.165, 1.54) is 13.0 Å². The highest BCUT2D eigenvalue weighted by molar-refractivity contribution is 5.55. The van der Waals surface area contributed by atoms with Crippen LogP contribution in [0.15, 0.2) is 36.4 Å². The number of rotatable bonds is 11. The summed E-state index contributed by atoms with van der Waals surface area (Å²) < 4.78 is 127. The zero-order valence-corrected chi connectivity index (χ0v) is 20.3. The van der Waals surface area contributed by atoms with E-state index in [0.717, 1.165) is 12.1 Å². The molecule has 0 aliphatic carbocycles. The number of halogens is 9. The molecular weight excluding hydrogens is 535 g/mol. The lowest BCUT2D eigenvalue weighted by Gasteiger charge is -2.26. The van der Waals surface area contributed by atoms with Crippen LogP contribution in [-0.2, 0) is 28.4 Å². The van der Waals surface area contributed by atoms with Crippen LogP contribution in [0.4, 0.5) is 45.2 Å². The molecule has 38 heavy (non-hydrogen) atoms. The Morgan fingerprint density at radius 2 is 1.47 bits per heavy atom. The van der Waals surface area contributed by atoms with Crippen LogP contribution in [0.25, 0.3) is 0 Å². The number of hydrogen-bond donors (Lipinski definition) is 2. The van der Waals surface area contributed by atoms with Gasteiger partial charge in [-0.25, -0.2) is 0 Å². The highest BCUT2D eigenvalue weighted by atomic mass is 19.4. The fraction of sp³-hybridized carbons (Fsp3) is 0.458. The zero-order chi connectivity index (χ0) is 28.9. The molecule has 14 heteroatoms. The second-order valence-corrected chi connectivity index (χ2v) is 8.48. The lowest BCUT2D eigenvalue weighted by atomic mass is 9.97. The minimum Gasteiger partial charge on any atom is -0.458 e. The first-order valence-electron chi connectivity index (χ1n) is 11.2. The van der Waals surface area contributed by atoms with Crippen LogP contribution in [-0.4, -0.2) is 24.9 Å². The van der Waals surface area contributed by atoms with E-state index in [1.54, 1.807) is 0 Å². The molecule has 0 spiro atoms. The Labute approximate surface area is 212 Å². The topological polar surface area (TPSA) is 59.6 Å². The van der Waals surface area contributed by atoms with E-state index in [-0.39, 0.29) is 30.7 Å². The Morgan fingerprint density at radius 1 is 0.895 bits per heavy atom. The van der Waals surface area contributed by atoms with Gasteiger partial charge >= 0.3 is 18.7 Å². The maximum absolute atomic E-state index is 13.3. The molecule has 5 nitrogen and oxygen atoms in total. The zero-order valence-electron chi connectivity index (χ0n) is 20.3. The van der Waals surface area contributed by atoms with Crippen molar-refractivity contribution in [2.75, 3.05) is 5.32 Å². The van der Waals surface area contributed by atoms with Crippen molar-refractivity contribution in [3.8, 4) is 5.75 Å². The van der Waals surface area contributed by atoms with Crippen LogP contribution in [0.1, 0.15) is 55.5 Å². The van der Waals surface area contributed by atoms with Crippen molar-refractivity contribution in [1.82, 2.24) is 5.32 Å². The number of carbonyl (C=O) groups is 1. The summed E-state index contributed by atoms with van der Waals surface area (Å²) in [4.78, 5) is 11.1. The van der Waals surface area contributed by atoms with Gasteiger partial charge in [-0.15, -0.1) is 13.2 Å². The third kappa shape index (κ3) is 8.99. The van der Waals surface area contributed by atoms with Gasteiger partial charge in [-0.1, -0.05) is 6.92 Å². The monoisotopic (exact) mass is 560 g/mol. The standard InChI is InChI=1S/C24H25F9N2O3/c1-4-13(2)35-20-6-5-19(38-24(31,32)33)9-16(20)11-34-14(3)21(37-12-36)15-7-17(22(25,26)27)10-18(8-15)23(28,29)30/h5-10,12-14,21,34-35H,4,11H2,1-3H3. The van der Waals surface area contributed by atoms with Gasteiger partial charge in [-0.2, -0.15) is 26.3 Å². The molecule has 2 aromatic rings. The molecule has 3 atom stereocenters. The van der Waals surface area contributed by atoms with Gasteiger partial charge in [0.2, 0.25) is 0 Å². The first-order valence-corrected chi connectivity index (χ1v) is 11.2. The second-order valence-electron chi connectivity index (χ2n) is 8.48. The number of benzene rings is 2. The highest BCUT2D eigenvalue weighted by Gasteiger charge is 2.38. The van der Waals surface area contributed by atoms with Gasteiger partial charge in [0.05, 0.1) is 11.1 Å². The predicted octanol–water partition coefficient (Wildman–Crippen LogP) is 7.23. The lowest BCUT2D eigenvalue weighted by Crippen LogP contribution is -2.34. The maximum atomic E-state index is 13.3. The lowest BCUT2D eigenvalue weighted by molar-refractivity contribution is -0.274. The first-order chi connectivity index (χ1) is 17.4. The van der Waals surface area contributed by atoms with Crippen molar-refractivity contribution in [3.63, 3.8) is 0 Å². The summed E-state index contributed by atoms with van der Waals surface area (Å²) >= 11 is 0. The van der Waals surface area contributed by atoms with Crippen molar-refractivity contribution in [1.29, 1.82) is 0 Å². The summed E-state index contributed by atoms with van der Waals surface area (Å²) in [6, 6.07) is 3.18. The smallest absolute Gasteiger partial charge is 0.458 e. The summed E-state index contributed by atoms with van der Waals surface area (Å²) in [6.07, 6.45) is -16.1. The summed E-state index contributed by atoms with van der Waals surface area (Å²) in [5, 5.41) is 5.89. The number of alkyl halides is 9. The van der Waals surface area contributed by atoms with Crippen molar-refractivity contribution in [3.05, 3.63) is 58.7 Å². The highest BCUT2D eigenvalue weighted by Crippen LogP contribution is 2.38. The molecule has 0 heterocycles. The van der Waals surface area contributed by atoms with Crippen LogP contribution in [0.2, 0.25) is 0 Å². The molecule has 212 valence electrons. The largest absolute Gasteiger partial charge is 0.573 e. The molecule has 2 rings (SSSR count). The van der Waals surface area contributed by atoms with E-state index in [9.17, 15) is 44.3 Å². The van der Waals surface area contributed by atoms with Gasteiger partial charge in [-0.3, -0.25) is 4.79 Å². The minimum atomic E-state index is -5.12. The average molecular weight is 560 g/mol. The Kier molecular flexibility index (Phi) is 9.92. The van der Waals surface area contributed by atoms with Crippen LogP contribution in [0.5, 0.6) is 5.75 Å². The van der Waals surface area contributed by atoms with Crippen molar-refractivity contribution in [2.24, 2.45) is 0 Å². The Hall–Kier alpha value is -3.16. The molecule has 0 radical (unpaired) electrons. The van der Waals surface area contributed by atoms with Gasteiger partial charge in [0.15, 0.2) is 0 Å². The van der Waals surface area contributed by atoms with E-state index in [1.807, 2.05) is 13.8 Å². The molecule has 0 amide bonds. The normalized spacial score (nSPS) is 14.9. The van der Waals surface area contributed by atoms with Gasteiger partial charge in [0, 0.05) is 24.3 Å². The summed E-state index contributed by atoms with van der Waals surface area (Å²) in [5.41, 5.74) is -3.09. The molecule has 0 fully saturated rings. The van der Waals surface area contributed by atoms with Gasteiger partial charge in [0.25, 0.3) is 6.47 Å². The summed E-state index contributed by atoms with van der Waals surface area (Å²) in [7, 11) is 0. The number of nitrogens with one attached hydrogen (secondary N) is 2. The molecule has 0 aliphatic heterocycles. The number of carbonyl (C=O) groups excluding carboxylic acids is 1. The SMILES string of the molecule is CCC(C)Nc1ccc(OC(F)(F)F)cc1CNC(C)C(OC=O)c1cc(C(F)(F)F)cc(C(F)(F)F)c1. The van der Waals surface area contributed by atoms with Crippen LogP contribution < -0.4 is 15.4 Å². The summed E-state index contributed by atoms with van der Waals surface area (Å²) in [6.45, 7) is 4.69. The number of ether oxygens (including phenoxy) is 2. The molecule has 0 saturated carbocycles. The Morgan fingerprint density at radius 3 is 1.95 bits per heavy atom. The Bertz CT molecular complexity index is 1050. The minimum absolute atomic E-state index is 0.0570. The van der Waals surface area contributed by atoms with Crippen LogP contribution in [0.3, 0.4) is 0 Å². The van der Waals surface area contributed by atoms with E-state index >= 15 is 0 Å². The van der Waals surface area contributed by atoms with E-state index in [0.29, 0.717) is 24.2 Å². The number of hydrogen-bond acceptors (Lipinski definition) is 5. The van der Waals surface area contributed by atoms with Gasteiger partial charge in [0.1, 0.15) is 11.9 Å². The van der Waals surface area contributed by atoms with Crippen molar-refractivity contribution in [2.45, 2.75) is 70.6 Å². The van der Waals surface area contributed by atoms with E-state index < -0.39 is 53.3 Å². The second kappa shape index (κ2) is 12.1. The fourth-order valence-corrected chi connectivity index (χ4v) is 3.49. The van der Waals surface area contributed by atoms with Gasteiger partial charge < -0.3 is 20.1 Å². The van der Waals surface area contributed by atoms with E-state index in [2.05, 4.69) is 15.4 Å². The third-order valence-corrected chi connectivity index (χ3v) is 5.53. The van der Waals surface area contributed by atoms with Crippen molar-refractivity contribution >= 4 is 12.2 Å². The quantitative estimate of drug-likeness (QED) is 0.225. The summed E-state index contributed by atoms with van der Waals surface area (Å²) in [5.74, 6) is -0.537. The van der Waals surface area contributed by atoms with E-state index in [4.69, 9.17) is 4.74 Å². The molecule has 0 aliphatic rings. The molecule has 3 unspecified atom stereocenters. The average Bonchev–Trinajstić information content (AvgIpc) is 2.79. The molecule has 0 bridgehead atoms.